The number of thiazole rings is 1. The number of phenolic OH excluding ortho intramolecular Hbond substituents is 1. The number of hydrogen-bond donors (Lipinski definition) is 4. The summed E-state index contributed by atoms with van der Waals surface area (Å²) in [7, 11) is 3.91. The summed E-state index contributed by atoms with van der Waals surface area (Å²) in [5.41, 5.74) is 1.70. The Kier molecular flexibility index (Phi) is 29.9. The van der Waals surface area contributed by atoms with Crippen LogP contribution in [0.25, 0.3) is 0 Å². The lowest BCUT2D eigenvalue weighted by Gasteiger charge is -2.35. The number of benzene rings is 1. The third kappa shape index (κ3) is 22.7. The van der Waals surface area contributed by atoms with Crippen molar-refractivity contribution in [3.63, 3.8) is 0 Å². The van der Waals surface area contributed by atoms with E-state index in [0.717, 1.165) is 75.7 Å². The maximum Gasteiger partial charge on any atom is 0.303 e. The molecule has 4 N–H and O–H groups in total. The molecule has 0 bridgehead atoms. The van der Waals surface area contributed by atoms with E-state index in [1.54, 1.807) is 29.3 Å². The van der Waals surface area contributed by atoms with Crippen molar-refractivity contribution in [2.75, 3.05) is 47.1 Å². The van der Waals surface area contributed by atoms with Crippen LogP contribution in [0.2, 0.25) is 0 Å². The number of carbonyl (C=O) groups excluding carboxylic acids is 3. The van der Waals surface area contributed by atoms with E-state index in [4.69, 9.17) is 14.9 Å². The van der Waals surface area contributed by atoms with Crippen molar-refractivity contribution in [2.45, 2.75) is 131 Å². The SMILES string of the molecule is CCC.CCC(=O)O.CCCCCOCN(CCCc1nc(C=O)cs1)C(=O)C(NC(=O)C1CCCCN1C)C(C)CC.CNCCc1ccc(O)cc1. The van der Waals surface area contributed by atoms with Crippen LogP contribution in [-0.4, -0.2) is 108 Å². The Bertz CT molecular complexity index is 1280. The topological polar surface area (TPSA) is 161 Å². The number of piperidine rings is 1. The third-order valence-corrected chi connectivity index (χ3v) is 9.64. The van der Waals surface area contributed by atoms with E-state index in [-0.39, 0.29) is 36.9 Å². The van der Waals surface area contributed by atoms with Gasteiger partial charge in [-0.2, -0.15) is 0 Å². The molecule has 2 aromatic rings. The van der Waals surface area contributed by atoms with E-state index in [0.29, 0.717) is 37.4 Å². The average Bonchev–Trinajstić information content (AvgIpc) is 3.64. The number of carboxylic acid groups (broad SMARTS) is 1. The van der Waals surface area contributed by atoms with Crippen molar-refractivity contribution in [3.8, 4) is 5.75 Å². The van der Waals surface area contributed by atoms with Gasteiger partial charge >= 0.3 is 5.97 Å². The molecule has 1 saturated heterocycles. The maximum atomic E-state index is 13.7. The average molecular weight is 778 g/mol. The second kappa shape index (κ2) is 31.9. The minimum Gasteiger partial charge on any atom is -0.508 e. The Morgan fingerprint density at radius 2 is 1.74 bits per heavy atom. The van der Waals surface area contributed by atoms with Gasteiger partial charge < -0.3 is 30.5 Å². The molecule has 0 spiro atoms. The predicted molar refractivity (Wildman–Crippen MR) is 219 cm³/mol. The number of aromatic nitrogens is 1. The predicted octanol–water partition coefficient (Wildman–Crippen LogP) is 6.95. The minimum absolute atomic E-state index is 0.0112. The zero-order valence-corrected chi connectivity index (χ0v) is 35.2. The van der Waals surface area contributed by atoms with Crippen LogP contribution >= 0.6 is 11.3 Å². The van der Waals surface area contributed by atoms with E-state index in [2.05, 4.69) is 41.3 Å². The molecule has 54 heavy (non-hydrogen) atoms. The molecule has 3 rings (SSSR count). The van der Waals surface area contributed by atoms with Crippen LogP contribution in [0.3, 0.4) is 0 Å². The molecule has 1 fully saturated rings. The molecule has 1 aromatic heterocycles. The Hall–Kier alpha value is -3.39. The van der Waals surface area contributed by atoms with Gasteiger partial charge in [0.1, 0.15) is 24.2 Å². The van der Waals surface area contributed by atoms with E-state index in [1.165, 1.54) is 23.3 Å². The van der Waals surface area contributed by atoms with Crippen LogP contribution in [0, 0.1) is 5.92 Å². The van der Waals surface area contributed by atoms with E-state index < -0.39 is 12.0 Å². The quantitative estimate of drug-likeness (QED) is 0.0630. The summed E-state index contributed by atoms with van der Waals surface area (Å²) in [6.07, 6.45) is 11.5. The van der Waals surface area contributed by atoms with Crippen LogP contribution in [0.4, 0.5) is 0 Å². The number of nitrogens with one attached hydrogen (secondary N) is 2. The first-order valence-electron chi connectivity index (χ1n) is 19.8. The fraction of sp³-hybridized carbons (Fsp3) is 0.683. The van der Waals surface area contributed by atoms with E-state index in [9.17, 15) is 19.2 Å². The summed E-state index contributed by atoms with van der Waals surface area (Å²) in [6.45, 7) is 15.3. The normalized spacial score (nSPS) is 14.8. The molecule has 0 aliphatic carbocycles. The van der Waals surface area contributed by atoms with Gasteiger partial charge in [0.05, 0.1) is 11.0 Å². The van der Waals surface area contributed by atoms with Crippen LogP contribution in [0.15, 0.2) is 29.6 Å². The van der Waals surface area contributed by atoms with Gasteiger partial charge in [0.15, 0.2) is 6.29 Å². The number of nitrogens with zero attached hydrogens (tertiary/aromatic N) is 3. The van der Waals surface area contributed by atoms with E-state index >= 15 is 0 Å². The molecule has 1 aromatic carbocycles. The molecule has 2 amide bonds. The Balaban J connectivity index is 0.00000120. The number of amides is 2. The summed E-state index contributed by atoms with van der Waals surface area (Å²) < 4.78 is 5.87. The summed E-state index contributed by atoms with van der Waals surface area (Å²) in [6, 6.07) is 6.54. The number of likely N-dealkylation sites (tertiary alicyclic amines) is 1. The largest absolute Gasteiger partial charge is 0.508 e. The number of phenols is 1. The maximum absolute atomic E-state index is 13.7. The second-order valence-electron chi connectivity index (χ2n) is 13.6. The fourth-order valence-electron chi connectivity index (χ4n) is 5.25. The Morgan fingerprint density at radius 1 is 1.07 bits per heavy atom. The number of carbonyl (C=O) groups is 4. The fourth-order valence-corrected chi connectivity index (χ4v) is 6.04. The summed E-state index contributed by atoms with van der Waals surface area (Å²) >= 11 is 1.46. The van der Waals surface area contributed by atoms with Gasteiger partial charge in [0.25, 0.3) is 0 Å². The van der Waals surface area contributed by atoms with Crippen molar-refractivity contribution in [1.29, 1.82) is 0 Å². The zero-order valence-electron chi connectivity index (χ0n) is 34.4. The highest BCUT2D eigenvalue weighted by atomic mass is 32.1. The molecule has 1 aliphatic heterocycles. The van der Waals surface area contributed by atoms with Crippen LogP contribution < -0.4 is 10.6 Å². The first-order chi connectivity index (χ1) is 25.9. The number of carboxylic acids is 1. The molecule has 2 heterocycles. The second-order valence-corrected chi connectivity index (χ2v) is 14.5. The highest BCUT2D eigenvalue weighted by molar-refractivity contribution is 7.09. The van der Waals surface area contributed by atoms with Crippen LogP contribution in [-0.2, 0) is 32.0 Å². The third-order valence-electron chi connectivity index (χ3n) is 8.71. The summed E-state index contributed by atoms with van der Waals surface area (Å²) in [4.78, 5) is 55.3. The Labute approximate surface area is 329 Å². The molecular weight excluding hydrogens is 707 g/mol. The number of aliphatic carboxylic acids is 1. The molecular formula is C41H71N5O7S. The first kappa shape index (κ1) is 50.6. The highest BCUT2D eigenvalue weighted by Crippen LogP contribution is 2.18. The number of aromatic hydroxyl groups is 1. The van der Waals surface area contributed by atoms with Gasteiger partial charge in [-0.1, -0.05) is 85.8 Å². The standard InChI is InChI=1S/C26H44N4O4S.C9H13NO.C3H6O2.C3H8/c1-5-7-10-16-34-19-30(15-11-13-23-27-21(17-31)18-35-23)26(33)24(20(3)6-2)28-25(32)22-12-8-9-14-29(22)4;1-10-7-6-8-2-4-9(11)5-3-8;1-2-3(4)5;1-3-2/h17-18,20,22,24H,5-16,19H2,1-4H3,(H,28,32);2-5,10-11H,6-7H2,1H3;2H2,1H3,(H,4,5);3H2,1-2H3. The lowest BCUT2D eigenvalue weighted by molar-refractivity contribution is -0.144. The van der Waals surface area contributed by atoms with Gasteiger partial charge in [-0.15, -0.1) is 11.3 Å². The summed E-state index contributed by atoms with van der Waals surface area (Å²) in [5.74, 6) is -0.548. The van der Waals surface area contributed by atoms with Crippen molar-refractivity contribution in [1.82, 2.24) is 25.4 Å². The molecule has 308 valence electrons. The number of likely N-dealkylation sites (N-methyl/N-ethyl adjacent to an activating group) is 2. The molecule has 3 unspecified atom stereocenters. The lowest BCUT2D eigenvalue weighted by Crippen LogP contribution is -2.57. The van der Waals surface area contributed by atoms with Crippen LogP contribution in [0.1, 0.15) is 127 Å². The number of rotatable bonds is 20. The van der Waals surface area contributed by atoms with Gasteiger partial charge in [-0.3, -0.25) is 24.1 Å². The Morgan fingerprint density at radius 3 is 2.28 bits per heavy atom. The van der Waals surface area contributed by atoms with Crippen molar-refractivity contribution in [2.24, 2.45) is 5.92 Å². The molecule has 3 atom stereocenters. The minimum atomic E-state index is -0.745. The van der Waals surface area contributed by atoms with Gasteiger partial charge in [0.2, 0.25) is 11.8 Å². The van der Waals surface area contributed by atoms with Gasteiger partial charge in [-0.05, 0) is 82.9 Å². The lowest BCUT2D eigenvalue weighted by atomic mass is 9.96. The monoisotopic (exact) mass is 778 g/mol. The molecule has 13 heteroatoms. The van der Waals surface area contributed by atoms with Crippen molar-refractivity contribution < 1.29 is 34.1 Å². The molecule has 0 saturated carbocycles. The summed E-state index contributed by atoms with van der Waals surface area (Å²) in [5, 5.41) is 25.5. The number of hydrogen-bond acceptors (Lipinski definition) is 10. The molecule has 12 nitrogen and oxygen atoms in total. The number of aryl methyl sites for hydroxylation is 1. The molecule has 1 aliphatic rings. The smallest absolute Gasteiger partial charge is 0.303 e. The van der Waals surface area contributed by atoms with Crippen molar-refractivity contribution in [3.05, 3.63) is 45.9 Å². The first-order valence-corrected chi connectivity index (χ1v) is 20.7. The number of aldehydes is 1. The number of unbranched alkanes of at least 4 members (excludes halogenated alkanes) is 2. The van der Waals surface area contributed by atoms with Crippen molar-refractivity contribution >= 4 is 35.4 Å². The van der Waals surface area contributed by atoms with Gasteiger partial charge in [-0.25, -0.2) is 4.98 Å². The highest BCUT2D eigenvalue weighted by Gasteiger charge is 2.34. The van der Waals surface area contributed by atoms with Crippen LogP contribution in [0.5, 0.6) is 5.75 Å². The van der Waals surface area contributed by atoms with Gasteiger partial charge in [0, 0.05) is 31.4 Å². The zero-order chi connectivity index (χ0) is 40.7. The van der Waals surface area contributed by atoms with E-state index in [1.807, 2.05) is 40.1 Å². The number of ether oxygens (including phenoxy) is 1. The molecule has 0 radical (unpaired) electrons.